The summed E-state index contributed by atoms with van der Waals surface area (Å²) in [6.45, 7) is 5.24. The molecule has 0 spiro atoms. The van der Waals surface area contributed by atoms with Crippen molar-refractivity contribution in [2.45, 2.75) is 32.9 Å². The van der Waals surface area contributed by atoms with E-state index in [1.54, 1.807) is 14.2 Å². The number of hydrogen-bond donors (Lipinski definition) is 2. The lowest BCUT2D eigenvalue weighted by Gasteiger charge is -2.22. The largest absolute Gasteiger partial charge is 0.497 e. The Morgan fingerprint density at radius 1 is 1.11 bits per heavy atom. The highest BCUT2D eigenvalue weighted by Gasteiger charge is 2.12. The van der Waals surface area contributed by atoms with Crippen LogP contribution in [0, 0.1) is 5.92 Å². The first kappa shape index (κ1) is 15.8. The van der Waals surface area contributed by atoms with E-state index in [9.17, 15) is 0 Å². The van der Waals surface area contributed by atoms with Crippen LogP contribution in [0.5, 0.6) is 11.5 Å². The van der Waals surface area contributed by atoms with Crippen molar-refractivity contribution in [3.8, 4) is 11.5 Å². The van der Waals surface area contributed by atoms with Crippen LogP contribution in [-0.2, 0) is 6.54 Å². The van der Waals surface area contributed by atoms with E-state index in [2.05, 4.69) is 19.2 Å². The van der Waals surface area contributed by atoms with Crippen molar-refractivity contribution < 1.29 is 14.6 Å². The highest BCUT2D eigenvalue weighted by molar-refractivity contribution is 5.38. The first-order valence-electron chi connectivity index (χ1n) is 6.67. The quantitative estimate of drug-likeness (QED) is 0.758. The van der Waals surface area contributed by atoms with E-state index in [4.69, 9.17) is 14.6 Å². The molecule has 0 aliphatic carbocycles. The maximum absolute atomic E-state index is 9.07. The van der Waals surface area contributed by atoms with Crippen LogP contribution in [-0.4, -0.2) is 32.0 Å². The number of benzene rings is 1. The monoisotopic (exact) mass is 267 g/mol. The van der Waals surface area contributed by atoms with E-state index in [0.29, 0.717) is 12.0 Å². The number of aliphatic hydroxyl groups excluding tert-OH is 1. The van der Waals surface area contributed by atoms with Gasteiger partial charge in [-0.25, -0.2) is 0 Å². The molecule has 2 N–H and O–H groups in total. The second-order valence-electron chi connectivity index (χ2n) is 4.96. The van der Waals surface area contributed by atoms with Crippen LogP contribution in [0.15, 0.2) is 18.2 Å². The average Bonchev–Trinajstić information content (AvgIpc) is 2.42. The van der Waals surface area contributed by atoms with Gasteiger partial charge in [-0.1, -0.05) is 13.8 Å². The zero-order chi connectivity index (χ0) is 14.3. The summed E-state index contributed by atoms with van der Waals surface area (Å²) in [4.78, 5) is 0. The van der Waals surface area contributed by atoms with Crippen LogP contribution in [0.4, 0.5) is 0 Å². The maximum Gasteiger partial charge on any atom is 0.122 e. The van der Waals surface area contributed by atoms with Crippen LogP contribution in [0.25, 0.3) is 0 Å². The van der Waals surface area contributed by atoms with Crippen LogP contribution in [0.1, 0.15) is 25.8 Å². The van der Waals surface area contributed by atoms with E-state index in [0.717, 1.165) is 30.0 Å². The molecule has 19 heavy (non-hydrogen) atoms. The molecule has 1 unspecified atom stereocenters. The lowest BCUT2D eigenvalue weighted by Crippen LogP contribution is -2.34. The van der Waals surface area contributed by atoms with Crippen LogP contribution in [0.3, 0.4) is 0 Å². The molecule has 0 heterocycles. The number of hydrogen-bond acceptors (Lipinski definition) is 4. The van der Waals surface area contributed by atoms with Gasteiger partial charge in [-0.15, -0.1) is 0 Å². The van der Waals surface area contributed by atoms with E-state index >= 15 is 0 Å². The summed E-state index contributed by atoms with van der Waals surface area (Å²) < 4.78 is 10.5. The third-order valence-electron chi connectivity index (χ3n) is 3.22. The van der Waals surface area contributed by atoms with Gasteiger partial charge < -0.3 is 19.9 Å². The predicted octanol–water partition coefficient (Wildman–Crippen LogP) is 2.20. The summed E-state index contributed by atoms with van der Waals surface area (Å²) in [6, 6.07) is 6.15. The van der Waals surface area contributed by atoms with Gasteiger partial charge in [0.1, 0.15) is 11.5 Å². The summed E-state index contributed by atoms with van der Waals surface area (Å²) in [7, 11) is 3.29. The Bertz CT molecular complexity index is 357. The first-order chi connectivity index (χ1) is 9.10. The molecule has 0 aromatic heterocycles. The standard InChI is InChI=1S/C15H25NO3/c1-11(2)15(5-6-17)16-10-12-7-13(18-3)9-14(8-12)19-4/h7-9,11,15-17H,5-6,10H2,1-4H3. The molecule has 1 aromatic carbocycles. The van der Waals surface area contributed by atoms with Gasteiger partial charge in [-0.05, 0) is 30.0 Å². The Morgan fingerprint density at radius 2 is 1.68 bits per heavy atom. The van der Waals surface area contributed by atoms with E-state index in [1.165, 1.54) is 0 Å². The second-order valence-corrected chi connectivity index (χ2v) is 4.96. The molecular formula is C15H25NO3. The lowest BCUT2D eigenvalue weighted by molar-refractivity contribution is 0.243. The molecule has 0 fully saturated rings. The van der Waals surface area contributed by atoms with Crippen LogP contribution >= 0.6 is 0 Å². The molecule has 0 radical (unpaired) electrons. The maximum atomic E-state index is 9.07. The Kier molecular flexibility index (Phi) is 6.67. The normalized spacial score (nSPS) is 12.5. The highest BCUT2D eigenvalue weighted by atomic mass is 16.5. The van der Waals surface area contributed by atoms with Crippen LogP contribution < -0.4 is 14.8 Å². The fourth-order valence-electron chi connectivity index (χ4n) is 2.03. The smallest absolute Gasteiger partial charge is 0.122 e. The second kappa shape index (κ2) is 8.02. The minimum atomic E-state index is 0.206. The number of rotatable bonds is 8. The van der Waals surface area contributed by atoms with Crippen molar-refractivity contribution in [1.82, 2.24) is 5.32 Å². The van der Waals surface area contributed by atoms with Gasteiger partial charge in [0.25, 0.3) is 0 Å². The van der Waals surface area contributed by atoms with Gasteiger partial charge in [0.05, 0.1) is 14.2 Å². The molecule has 1 rings (SSSR count). The fraction of sp³-hybridized carbons (Fsp3) is 0.600. The molecule has 0 aliphatic rings. The molecule has 4 nitrogen and oxygen atoms in total. The van der Waals surface area contributed by atoms with Crippen molar-refractivity contribution in [1.29, 1.82) is 0 Å². The number of methoxy groups -OCH3 is 2. The third kappa shape index (κ3) is 5.09. The van der Waals surface area contributed by atoms with Gasteiger partial charge >= 0.3 is 0 Å². The Balaban J connectivity index is 2.70. The van der Waals surface area contributed by atoms with Gasteiger partial charge in [0, 0.05) is 25.3 Å². The van der Waals surface area contributed by atoms with Crippen molar-refractivity contribution >= 4 is 0 Å². The van der Waals surface area contributed by atoms with Crippen LogP contribution in [0.2, 0.25) is 0 Å². The molecule has 0 bridgehead atoms. The van der Waals surface area contributed by atoms with Crippen molar-refractivity contribution in [3.63, 3.8) is 0 Å². The number of aliphatic hydroxyl groups is 1. The topological polar surface area (TPSA) is 50.7 Å². The highest BCUT2D eigenvalue weighted by Crippen LogP contribution is 2.22. The Labute approximate surface area is 115 Å². The molecule has 0 saturated heterocycles. The van der Waals surface area contributed by atoms with Gasteiger partial charge in [0.15, 0.2) is 0 Å². The van der Waals surface area contributed by atoms with Gasteiger partial charge in [0.2, 0.25) is 0 Å². The summed E-state index contributed by atoms with van der Waals surface area (Å²) in [5, 5.41) is 12.5. The predicted molar refractivity (Wildman–Crippen MR) is 76.7 cm³/mol. The molecule has 1 aromatic rings. The summed E-state index contributed by atoms with van der Waals surface area (Å²) in [5.74, 6) is 2.07. The van der Waals surface area contributed by atoms with Crippen molar-refractivity contribution in [3.05, 3.63) is 23.8 Å². The molecular weight excluding hydrogens is 242 g/mol. The number of ether oxygens (including phenoxy) is 2. The number of nitrogens with one attached hydrogen (secondary N) is 1. The average molecular weight is 267 g/mol. The van der Waals surface area contributed by atoms with Gasteiger partial charge in [-0.2, -0.15) is 0 Å². The van der Waals surface area contributed by atoms with E-state index in [1.807, 2.05) is 18.2 Å². The zero-order valence-electron chi connectivity index (χ0n) is 12.3. The SMILES string of the molecule is COc1cc(CNC(CCO)C(C)C)cc(OC)c1. The molecule has 0 saturated carbocycles. The summed E-state index contributed by atoms with van der Waals surface area (Å²) >= 11 is 0. The van der Waals surface area contributed by atoms with Crippen molar-refractivity contribution in [2.75, 3.05) is 20.8 Å². The minimum absolute atomic E-state index is 0.206. The van der Waals surface area contributed by atoms with Crippen molar-refractivity contribution in [2.24, 2.45) is 5.92 Å². The fourth-order valence-corrected chi connectivity index (χ4v) is 2.03. The molecule has 1 atom stereocenters. The van der Waals surface area contributed by atoms with Gasteiger partial charge in [-0.3, -0.25) is 0 Å². The molecule has 4 heteroatoms. The summed E-state index contributed by atoms with van der Waals surface area (Å²) in [6.07, 6.45) is 0.763. The lowest BCUT2D eigenvalue weighted by atomic mass is 10.0. The zero-order valence-corrected chi connectivity index (χ0v) is 12.3. The molecule has 0 amide bonds. The molecule has 0 aliphatic heterocycles. The Hall–Kier alpha value is -1.26. The first-order valence-corrected chi connectivity index (χ1v) is 6.67. The van der Waals surface area contributed by atoms with E-state index < -0.39 is 0 Å². The Morgan fingerprint density at radius 3 is 2.11 bits per heavy atom. The minimum Gasteiger partial charge on any atom is -0.497 e. The summed E-state index contributed by atoms with van der Waals surface area (Å²) in [5.41, 5.74) is 1.11. The van der Waals surface area contributed by atoms with E-state index in [-0.39, 0.29) is 6.61 Å². The molecule has 108 valence electrons. The third-order valence-corrected chi connectivity index (χ3v) is 3.22.